The zero-order valence-electron chi connectivity index (χ0n) is 13.0. The minimum absolute atomic E-state index is 0.384. The third-order valence-corrected chi connectivity index (χ3v) is 6.16. The number of carbonyl (C=O) groups is 1. The van der Waals surface area contributed by atoms with E-state index in [1.807, 2.05) is 0 Å². The minimum Gasteiger partial charge on any atom is -0.481 e. The van der Waals surface area contributed by atoms with Gasteiger partial charge in [-0.3, -0.25) is 9.69 Å². The van der Waals surface area contributed by atoms with E-state index < -0.39 is 5.97 Å². The Labute approximate surface area is 122 Å². The molecule has 3 unspecified atom stereocenters. The van der Waals surface area contributed by atoms with E-state index in [1.54, 1.807) is 0 Å². The number of hydrogen-bond acceptors (Lipinski definition) is 2. The monoisotopic (exact) mass is 279 g/mol. The molecule has 0 amide bonds. The molecule has 0 aromatic rings. The quantitative estimate of drug-likeness (QED) is 0.857. The fraction of sp³-hybridized carbons (Fsp3) is 0.941. The predicted octanol–water partition coefficient (Wildman–Crippen LogP) is 3.67. The summed E-state index contributed by atoms with van der Waals surface area (Å²) in [6.45, 7) is 4.89. The number of carboxylic acid groups (broad SMARTS) is 1. The standard InChI is InChI=1S/C17H29NO2/c1-17(2)8-4-3-5-15(17)18-13-6-7-14(18)10-12(9-13)11-16(19)20/h12-15H,3-11H2,1-2H3,(H,19,20). The maximum atomic E-state index is 11.0. The van der Waals surface area contributed by atoms with Crippen molar-refractivity contribution in [3.05, 3.63) is 0 Å². The van der Waals surface area contributed by atoms with Crippen LogP contribution >= 0.6 is 0 Å². The van der Waals surface area contributed by atoms with Crippen molar-refractivity contribution >= 4 is 5.97 Å². The van der Waals surface area contributed by atoms with Crippen LogP contribution in [0, 0.1) is 11.3 Å². The van der Waals surface area contributed by atoms with Gasteiger partial charge in [-0.15, -0.1) is 0 Å². The van der Waals surface area contributed by atoms with Crippen molar-refractivity contribution in [1.82, 2.24) is 4.90 Å². The van der Waals surface area contributed by atoms with Crippen LogP contribution in [0.2, 0.25) is 0 Å². The van der Waals surface area contributed by atoms with Crippen LogP contribution in [-0.2, 0) is 4.79 Å². The molecule has 0 spiro atoms. The predicted molar refractivity (Wildman–Crippen MR) is 79.7 cm³/mol. The van der Waals surface area contributed by atoms with E-state index >= 15 is 0 Å². The first-order valence-electron chi connectivity index (χ1n) is 8.46. The van der Waals surface area contributed by atoms with Gasteiger partial charge in [-0.05, 0) is 49.9 Å². The molecule has 114 valence electrons. The van der Waals surface area contributed by atoms with Crippen LogP contribution < -0.4 is 0 Å². The number of hydrogen-bond donors (Lipinski definition) is 1. The van der Waals surface area contributed by atoms with Gasteiger partial charge in [0.1, 0.15) is 0 Å². The van der Waals surface area contributed by atoms with Gasteiger partial charge in [0.15, 0.2) is 0 Å². The SMILES string of the molecule is CC1(C)CCCCC1N1C2CCC1CC(CC(=O)O)C2. The topological polar surface area (TPSA) is 40.5 Å². The Bertz CT molecular complexity index is 365. The first-order valence-corrected chi connectivity index (χ1v) is 8.46. The lowest BCUT2D eigenvalue weighted by Crippen LogP contribution is -2.55. The van der Waals surface area contributed by atoms with Crippen LogP contribution in [0.1, 0.15) is 71.6 Å². The highest BCUT2D eigenvalue weighted by atomic mass is 16.4. The summed E-state index contributed by atoms with van der Waals surface area (Å²) in [5.41, 5.74) is 0.443. The minimum atomic E-state index is -0.610. The summed E-state index contributed by atoms with van der Waals surface area (Å²) in [7, 11) is 0. The summed E-state index contributed by atoms with van der Waals surface area (Å²) in [4.78, 5) is 13.8. The van der Waals surface area contributed by atoms with Crippen LogP contribution in [0.4, 0.5) is 0 Å². The smallest absolute Gasteiger partial charge is 0.303 e. The van der Waals surface area contributed by atoms with Gasteiger partial charge in [-0.2, -0.15) is 0 Å². The molecule has 2 heterocycles. The molecule has 20 heavy (non-hydrogen) atoms. The fourth-order valence-corrected chi connectivity index (χ4v) is 5.28. The molecule has 1 saturated carbocycles. The molecule has 0 aromatic heterocycles. The molecular weight excluding hydrogens is 250 g/mol. The van der Waals surface area contributed by atoms with Crippen molar-refractivity contribution < 1.29 is 9.90 Å². The maximum Gasteiger partial charge on any atom is 0.303 e. The van der Waals surface area contributed by atoms with Gasteiger partial charge in [0.05, 0.1) is 0 Å². The second-order valence-electron chi connectivity index (χ2n) is 8.02. The Morgan fingerprint density at radius 1 is 1.15 bits per heavy atom. The molecule has 2 bridgehead atoms. The molecule has 2 saturated heterocycles. The van der Waals surface area contributed by atoms with Crippen LogP contribution in [-0.4, -0.2) is 34.1 Å². The van der Waals surface area contributed by atoms with E-state index in [4.69, 9.17) is 5.11 Å². The Morgan fingerprint density at radius 3 is 2.35 bits per heavy atom. The zero-order valence-corrected chi connectivity index (χ0v) is 13.0. The van der Waals surface area contributed by atoms with Gasteiger partial charge in [0, 0.05) is 24.5 Å². The molecular formula is C17H29NO2. The first kappa shape index (κ1) is 14.4. The van der Waals surface area contributed by atoms with Crippen LogP contribution in [0.25, 0.3) is 0 Å². The Morgan fingerprint density at radius 2 is 1.80 bits per heavy atom. The lowest BCUT2D eigenvalue weighted by Gasteiger charge is -2.51. The van der Waals surface area contributed by atoms with E-state index in [0.717, 1.165) is 18.9 Å². The highest BCUT2D eigenvalue weighted by Gasteiger charge is 2.48. The van der Waals surface area contributed by atoms with Crippen LogP contribution in [0.5, 0.6) is 0 Å². The Hall–Kier alpha value is -0.570. The van der Waals surface area contributed by atoms with E-state index in [9.17, 15) is 4.79 Å². The molecule has 3 aliphatic rings. The molecule has 1 N–H and O–H groups in total. The largest absolute Gasteiger partial charge is 0.481 e. The summed E-state index contributed by atoms with van der Waals surface area (Å²) in [5.74, 6) is -0.186. The fourth-order valence-electron chi connectivity index (χ4n) is 5.28. The molecule has 1 aliphatic carbocycles. The highest BCUT2D eigenvalue weighted by molar-refractivity contribution is 5.67. The van der Waals surface area contributed by atoms with Gasteiger partial charge >= 0.3 is 5.97 Å². The van der Waals surface area contributed by atoms with Crippen LogP contribution in [0.15, 0.2) is 0 Å². The summed E-state index contributed by atoms with van der Waals surface area (Å²) < 4.78 is 0. The number of nitrogens with zero attached hydrogens (tertiary/aromatic N) is 1. The first-order chi connectivity index (χ1) is 9.47. The Kier molecular flexibility index (Phi) is 3.83. The van der Waals surface area contributed by atoms with Gasteiger partial charge in [0.25, 0.3) is 0 Å². The lowest BCUT2D eigenvalue weighted by molar-refractivity contribution is -0.139. The summed E-state index contributed by atoms with van der Waals surface area (Å²) in [6, 6.07) is 2.07. The third-order valence-electron chi connectivity index (χ3n) is 6.16. The molecule has 3 nitrogen and oxygen atoms in total. The average Bonchev–Trinajstić information content (AvgIpc) is 2.60. The third kappa shape index (κ3) is 2.61. The molecule has 2 aliphatic heterocycles. The van der Waals surface area contributed by atoms with Gasteiger partial charge in [-0.25, -0.2) is 0 Å². The lowest BCUT2D eigenvalue weighted by atomic mass is 9.71. The van der Waals surface area contributed by atoms with Crippen molar-refractivity contribution in [3.63, 3.8) is 0 Å². The highest BCUT2D eigenvalue weighted by Crippen LogP contribution is 2.48. The second-order valence-corrected chi connectivity index (χ2v) is 8.02. The van der Waals surface area contributed by atoms with E-state index in [0.29, 0.717) is 29.8 Å². The summed E-state index contributed by atoms with van der Waals surface area (Å²) in [5, 5.41) is 9.04. The second kappa shape index (κ2) is 5.32. The average molecular weight is 279 g/mol. The van der Waals surface area contributed by atoms with Gasteiger partial charge in [-0.1, -0.05) is 26.7 Å². The summed E-state index contributed by atoms with van der Waals surface area (Å²) in [6.07, 6.45) is 10.7. The van der Waals surface area contributed by atoms with Crippen molar-refractivity contribution in [2.75, 3.05) is 0 Å². The zero-order chi connectivity index (χ0) is 14.3. The number of fused-ring (bicyclic) bond motifs is 2. The van der Waals surface area contributed by atoms with Crippen molar-refractivity contribution in [1.29, 1.82) is 0 Å². The van der Waals surface area contributed by atoms with Crippen LogP contribution in [0.3, 0.4) is 0 Å². The number of piperidine rings is 1. The van der Waals surface area contributed by atoms with E-state index in [1.165, 1.54) is 38.5 Å². The number of carboxylic acids is 1. The van der Waals surface area contributed by atoms with Crippen molar-refractivity contribution in [2.45, 2.75) is 89.8 Å². The summed E-state index contributed by atoms with van der Waals surface area (Å²) >= 11 is 0. The number of rotatable bonds is 3. The molecule has 3 heteroatoms. The molecule has 3 atom stereocenters. The Balaban J connectivity index is 1.72. The van der Waals surface area contributed by atoms with Gasteiger partial charge < -0.3 is 5.11 Å². The van der Waals surface area contributed by atoms with E-state index in [2.05, 4.69) is 18.7 Å². The normalized spacial score (nSPS) is 40.7. The molecule has 0 aromatic carbocycles. The van der Waals surface area contributed by atoms with E-state index in [-0.39, 0.29) is 0 Å². The van der Waals surface area contributed by atoms with Crippen molar-refractivity contribution in [3.8, 4) is 0 Å². The number of aliphatic carboxylic acids is 1. The maximum absolute atomic E-state index is 11.0. The molecule has 0 radical (unpaired) electrons. The van der Waals surface area contributed by atoms with Gasteiger partial charge in [0.2, 0.25) is 0 Å². The van der Waals surface area contributed by atoms with Crippen molar-refractivity contribution in [2.24, 2.45) is 11.3 Å². The molecule has 3 fully saturated rings. The molecule has 3 rings (SSSR count).